The molecule has 148 valence electrons. The van der Waals surface area contributed by atoms with E-state index in [-0.39, 0.29) is 30.1 Å². The van der Waals surface area contributed by atoms with Crippen molar-refractivity contribution in [1.29, 1.82) is 0 Å². The smallest absolute Gasteiger partial charge is 0.262 e. The molecule has 1 aromatic carbocycles. The summed E-state index contributed by atoms with van der Waals surface area (Å²) in [6, 6.07) is 7.93. The zero-order chi connectivity index (χ0) is 20.1. The van der Waals surface area contributed by atoms with Crippen LogP contribution >= 0.6 is 0 Å². The third-order valence-corrected chi connectivity index (χ3v) is 4.46. The van der Waals surface area contributed by atoms with Crippen LogP contribution in [0, 0.1) is 5.92 Å². The van der Waals surface area contributed by atoms with Crippen molar-refractivity contribution in [3.8, 4) is 0 Å². The number of amides is 1. The van der Waals surface area contributed by atoms with Crippen molar-refractivity contribution in [3.63, 3.8) is 0 Å². The Kier molecular flexibility index (Phi) is 6.23. The number of aromatic amines is 2. The highest BCUT2D eigenvalue weighted by Gasteiger charge is 2.14. The number of carbonyl (C=O) groups excluding carboxylic acids is 1. The van der Waals surface area contributed by atoms with E-state index in [0.29, 0.717) is 24.1 Å². The number of hydrogen-bond donors (Lipinski definition) is 4. The summed E-state index contributed by atoms with van der Waals surface area (Å²) in [6.07, 6.45) is 3.22. The normalized spacial score (nSPS) is 11.3. The fourth-order valence-electron chi connectivity index (χ4n) is 2.87. The van der Waals surface area contributed by atoms with Crippen LogP contribution in [0.4, 0.5) is 5.95 Å². The molecule has 0 saturated heterocycles. The lowest BCUT2D eigenvalue weighted by Crippen LogP contribution is -2.22. The summed E-state index contributed by atoms with van der Waals surface area (Å²) in [6.45, 7) is 3.61. The summed E-state index contributed by atoms with van der Waals surface area (Å²) in [4.78, 5) is 34.2. The van der Waals surface area contributed by atoms with Crippen molar-refractivity contribution in [1.82, 2.24) is 15.0 Å². The highest BCUT2D eigenvalue weighted by atomic mass is 16.6. The molecule has 0 spiro atoms. The molecular weight excluding hydrogens is 360 g/mol. The van der Waals surface area contributed by atoms with Crippen LogP contribution in [0.1, 0.15) is 30.5 Å². The average molecular weight is 384 g/mol. The van der Waals surface area contributed by atoms with Gasteiger partial charge in [-0.3, -0.25) is 19.9 Å². The zero-order valence-electron chi connectivity index (χ0n) is 15.9. The molecule has 8 nitrogen and oxygen atoms in total. The second kappa shape index (κ2) is 8.81. The van der Waals surface area contributed by atoms with E-state index in [2.05, 4.69) is 20.3 Å². The largest absolute Gasteiger partial charge is 0.371 e. The molecule has 3 aromatic rings. The van der Waals surface area contributed by atoms with Gasteiger partial charge in [-0.1, -0.05) is 38.1 Å². The summed E-state index contributed by atoms with van der Waals surface area (Å²) >= 11 is 0. The predicted octanol–water partition coefficient (Wildman–Crippen LogP) is 2.10. The van der Waals surface area contributed by atoms with Gasteiger partial charge in [-0.05, 0) is 29.5 Å². The van der Waals surface area contributed by atoms with Gasteiger partial charge < -0.3 is 14.8 Å². The van der Waals surface area contributed by atoms with Crippen LogP contribution in [0.15, 0.2) is 35.3 Å². The molecule has 0 aliphatic heterocycles. The Balaban J connectivity index is 1.72. The molecule has 0 atom stereocenters. The van der Waals surface area contributed by atoms with Crippen molar-refractivity contribution in [3.05, 3.63) is 57.5 Å². The van der Waals surface area contributed by atoms with Crippen LogP contribution in [-0.4, -0.2) is 32.8 Å². The molecule has 0 unspecified atom stereocenters. The van der Waals surface area contributed by atoms with Gasteiger partial charge in [0.25, 0.3) is 5.56 Å². The van der Waals surface area contributed by atoms with Crippen molar-refractivity contribution < 1.29 is 14.6 Å². The second-order valence-corrected chi connectivity index (χ2v) is 6.89. The summed E-state index contributed by atoms with van der Waals surface area (Å²) in [5.74, 6) is -0.269. The molecule has 3 rings (SSSR count). The van der Waals surface area contributed by atoms with E-state index in [1.807, 2.05) is 24.3 Å². The number of benzene rings is 1. The van der Waals surface area contributed by atoms with Crippen LogP contribution in [0.2, 0.25) is 0 Å². The highest BCUT2D eigenvalue weighted by molar-refractivity contribution is 5.91. The van der Waals surface area contributed by atoms with Crippen molar-refractivity contribution in [2.75, 3.05) is 12.1 Å². The van der Waals surface area contributed by atoms with Gasteiger partial charge in [0.2, 0.25) is 11.9 Å². The number of aryl methyl sites for hydroxylation is 2. The fourth-order valence-corrected chi connectivity index (χ4v) is 2.87. The van der Waals surface area contributed by atoms with Crippen molar-refractivity contribution in [2.45, 2.75) is 33.3 Å². The van der Waals surface area contributed by atoms with E-state index in [1.54, 1.807) is 20.0 Å². The predicted molar refractivity (Wildman–Crippen MR) is 106 cm³/mol. The Hall–Kier alpha value is -2.97. The van der Waals surface area contributed by atoms with E-state index in [1.165, 1.54) is 0 Å². The number of aliphatic hydroxyl groups excluding tert-OH is 1. The Bertz CT molecular complexity index is 1010. The maximum Gasteiger partial charge on any atom is 0.262 e. The van der Waals surface area contributed by atoms with E-state index in [9.17, 15) is 9.59 Å². The summed E-state index contributed by atoms with van der Waals surface area (Å²) < 4.78 is 4.97. The number of aliphatic hydroxyl groups is 1. The van der Waals surface area contributed by atoms with Gasteiger partial charge in [0.1, 0.15) is 12.4 Å². The molecule has 4 N–H and O–H groups in total. The Morgan fingerprint density at radius 2 is 1.93 bits per heavy atom. The number of nitrogens with one attached hydrogen (secondary N) is 3. The summed E-state index contributed by atoms with van der Waals surface area (Å²) in [5.41, 5.74) is 3.16. The maximum atomic E-state index is 12.5. The van der Waals surface area contributed by atoms with E-state index >= 15 is 0 Å². The molecule has 2 heterocycles. The number of ether oxygens (including phenoxy) is 1. The van der Waals surface area contributed by atoms with E-state index in [0.717, 1.165) is 23.1 Å². The third-order valence-electron chi connectivity index (χ3n) is 4.46. The molecule has 2 aromatic heterocycles. The number of rotatable bonds is 8. The number of fused-ring (bicyclic) bond motifs is 1. The first kappa shape index (κ1) is 19.8. The Morgan fingerprint density at radius 3 is 2.61 bits per heavy atom. The minimum Gasteiger partial charge on any atom is -0.371 e. The van der Waals surface area contributed by atoms with Gasteiger partial charge >= 0.3 is 0 Å². The molecular formula is C20H24N4O4. The van der Waals surface area contributed by atoms with Gasteiger partial charge in [0.15, 0.2) is 0 Å². The first-order chi connectivity index (χ1) is 13.5. The maximum absolute atomic E-state index is 12.5. The van der Waals surface area contributed by atoms with Crippen LogP contribution in [0.5, 0.6) is 0 Å². The average Bonchev–Trinajstić information content (AvgIpc) is 3.09. The molecule has 1 amide bonds. The lowest BCUT2D eigenvalue weighted by Gasteiger charge is -2.06. The van der Waals surface area contributed by atoms with Gasteiger partial charge in [-0.25, -0.2) is 0 Å². The van der Waals surface area contributed by atoms with Crippen LogP contribution < -0.4 is 10.9 Å². The number of H-pyrrole nitrogens is 2. The lowest BCUT2D eigenvalue weighted by atomic mass is 10.0. The number of hydrogen-bond acceptors (Lipinski definition) is 5. The van der Waals surface area contributed by atoms with Crippen LogP contribution in [0.3, 0.4) is 0 Å². The molecule has 0 aliphatic carbocycles. The SMILES string of the molecule is CC(C)C(=O)Nc1nc2[nH]cc(CCc3ccc(COCO)cc3)c2c(=O)[nH]1. The van der Waals surface area contributed by atoms with Crippen LogP contribution in [-0.2, 0) is 29.0 Å². The second-order valence-electron chi connectivity index (χ2n) is 6.89. The minimum atomic E-state index is -0.298. The molecule has 0 bridgehead atoms. The number of aromatic nitrogens is 3. The van der Waals surface area contributed by atoms with Gasteiger partial charge in [-0.15, -0.1) is 0 Å². The van der Waals surface area contributed by atoms with Crippen molar-refractivity contribution in [2.24, 2.45) is 5.92 Å². The Labute approximate surface area is 162 Å². The fraction of sp³-hybridized carbons (Fsp3) is 0.350. The van der Waals surface area contributed by atoms with Gasteiger partial charge in [-0.2, -0.15) is 4.98 Å². The number of anilines is 1. The van der Waals surface area contributed by atoms with E-state index in [4.69, 9.17) is 9.84 Å². The third kappa shape index (κ3) is 4.65. The first-order valence-corrected chi connectivity index (χ1v) is 9.15. The molecule has 0 aliphatic rings. The highest BCUT2D eigenvalue weighted by Crippen LogP contribution is 2.17. The zero-order valence-corrected chi connectivity index (χ0v) is 15.9. The lowest BCUT2D eigenvalue weighted by molar-refractivity contribution is -0.118. The topological polar surface area (TPSA) is 120 Å². The number of carbonyl (C=O) groups is 1. The van der Waals surface area contributed by atoms with E-state index < -0.39 is 0 Å². The quantitative estimate of drug-likeness (QED) is 0.443. The molecule has 8 heteroatoms. The van der Waals surface area contributed by atoms with Gasteiger partial charge in [0.05, 0.1) is 12.0 Å². The molecule has 0 fully saturated rings. The van der Waals surface area contributed by atoms with Crippen molar-refractivity contribution >= 4 is 22.9 Å². The first-order valence-electron chi connectivity index (χ1n) is 9.15. The molecule has 0 saturated carbocycles. The summed E-state index contributed by atoms with van der Waals surface area (Å²) in [7, 11) is 0. The number of nitrogens with zero attached hydrogens (tertiary/aromatic N) is 1. The summed E-state index contributed by atoms with van der Waals surface area (Å²) in [5, 5.41) is 11.8. The minimum absolute atomic E-state index is 0.144. The van der Waals surface area contributed by atoms with Gasteiger partial charge in [0, 0.05) is 12.1 Å². The monoisotopic (exact) mass is 384 g/mol. The van der Waals surface area contributed by atoms with Crippen LogP contribution in [0.25, 0.3) is 11.0 Å². The standard InChI is InChI=1S/C20H24N4O4/c1-12(2)18(26)23-20-22-17-16(19(27)24-20)15(9-21-17)8-7-13-3-5-14(6-4-13)10-28-11-25/h3-6,9,12,25H,7-8,10-11H2,1-2H3,(H3,21,22,23,24,26,27). The Morgan fingerprint density at radius 1 is 1.21 bits per heavy atom. The molecule has 0 radical (unpaired) electrons. The molecule has 28 heavy (non-hydrogen) atoms.